The molecule has 11 heavy (non-hydrogen) atoms. The Bertz CT molecular complexity index is 115. The van der Waals surface area contributed by atoms with Crippen LogP contribution in [0.25, 0.3) is 0 Å². The van der Waals surface area contributed by atoms with Crippen LogP contribution in [0.3, 0.4) is 0 Å². The molecule has 0 saturated carbocycles. The lowest BCUT2D eigenvalue weighted by atomic mass is 10.3. The highest BCUT2D eigenvalue weighted by Gasteiger charge is 2.06. The fraction of sp³-hybridized carbons (Fsp3) is 0.875. The molecule has 3 nitrogen and oxygen atoms in total. The Morgan fingerprint density at radius 3 is 2.55 bits per heavy atom. The van der Waals surface area contributed by atoms with Crippen molar-refractivity contribution in [1.82, 2.24) is 4.90 Å². The molecule has 0 fully saturated rings. The van der Waals surface area contributed by atoms with E-state index in [0.717, 1.165) is 19.4 Å². The molecule has 0 aromatic rings. The Hall–Kier alpha value is -0.730. The number of nitrogens with zero attached hydrogens (tertiary/aromatic N) is 1. The molecule has 0 aromatic heterocycles. The Balaban J connectivity index is 3.46. The van der Waals surface area contributed by atoms with E-state index in [0.29, 0.717) is 6.61 Å². The molecule has 0 saturated heterocycles. The predicted octanol–water partition coefficient (Wildman–Crippen LogP) is 1.87. The summed E-state index contributed by atoms with van der Waals surface area (Å²) in [5.74, 6) is 0. The van der Waals surface area contributed by atoms with Crippen LogP contribution in [-0.2, 0) is 4.74 Å². The molecule has 1 amide bonds. The second kappa shape index (κ2) is 6.01. The summed E-state index contributed by atoms with van der Waals surface area (Å²) >= 11 is 0. The largest absolute Gasteiger partial charge is 0.450 e. The van der Waals surface area contributed by atoms with Gasteiger partial charge in [-0.05, 0) is 13.3 Å². The van der Waals surface area contributed by atoms with Gasteiger partial charge in [0, 0.05) is 13.6 Å². The van der Waals surface area contributed by atoms with Gasteiger partial charge in [-0.3, -0.25) is 0 Å². The Morgan fingerprint density at radius 2 is 2.09 bits per heavy atom. The van der Waals surface area contributed by atoms with Crippen molar-refractivity contribution in [2.24, 2.45) is 0 Å². The average Bonchev–Trinajstić information content (AvgIpc) is 2.00. The molecule has 0 heterocycles. The van der Waals surface area contributed by atoms with Crippen molar-refractivity contribution in [3.05, 3.63) is 0 Å². The molecule has 0 aromatic carbocycles. The van der Waals surface area contributed by atoms with Gasteiger partial charge >= 0.3 is 6.09 Å². The lowest BCUT2D eigenvalue weighted by Crippen LogP contribution is -2.28. The number of hydrogen-bond donors (Lipinski definition) is 0. The van der Waals surface area contributed by atoms with E-state index in [4.69, 9.17) is 4.74 Å². The Labute approximate surface area is 68.3 Å². The maximum Gasteiger partial charge on any atom is 0.409 e. The van der Waals surface area contributed by atoms with Crippen LogP contribution in [0.5, 0.6) is 0 Å². The van der Waals surface area contributed by atoms with Gasteiger partial charge in [-0.1, -0.05) is 13.3 Å². The van der Waals surface area contributed by atoms with E-state index in [-0.39, 0.29) is 6.09 Å². The van der Waals surface area contributed by atoms with Crippen molar-refractivity contribution < 1.29 is 9.53 Å². The van der Waals surface area contributed by atoms with Gasteiger partial charge in [0.05, 0.1) is 6.61 Å². The molecule has 0 aliphatic carbocycles. The molecule has 3 heteroatoms. The number of rotatable bonds is 4. The summed E-state index contributed by atoms with van der Waals surface area (Å²) in [6.45, 7) is 5.15. The van der Waals surface area contributed by atoms with Crippen LogP contribution in [0.2, 0.25) is 0 Å². The molecule has 0 atom stereocenters. The molecular formula is C8H17NO2. The topological polar surface area (TPSA) is 29.5 Å². The standard InChI is InChI=1S/C8H17NO2/c1-4-6-7-9(3)8(10)11-5-2/h4-7H2,1-3H3. The molecule has 0 aliphatic rings. The van der Waals surface area contributed by atoms with E-state index in [1.165, 1.54) is 0 Å². The summed E-state index contributed by atoms with van der Waals surface area (Å²) in [7, 11) is 1.76. The summed E-state index contributed by atoms with van der Waals surface area (Å²) < 4.78 is 4.79. The average molecular weight is 159 g/mol. The van der Waals surface area contributed by atoms with Gasteiger partial charge in [0.1, 0.15) is 0 Å². The lowest BCUT2D eigenvalue weighted by Gasteiger charge is -2.15. The lowest BCUT2D eigenvalue weighted by molar-refractivity contribution is 0.116. The molecular weight excluding hydrogens is 142 g/mol. The number of amides is 1. The zero-order chi connectivity index (χ0) is 8.69. The molecule has 0 N–H and O–H groups in total. The van der Waals surface area contributed by atoms with Gasteiger partial charge in [-0.15, -0.1) is 0 Å². The molecule has 0 rings (SSSR count). The van der Waals surface area contributed by atoms with Gasteiger partial charge in [0.2, 0.25) is 0 Å². The minimum atomic E-state index is -0.221. The summed E-state index contributed by atoms with van der Waals surface area (Å²) in [4.78, 5) is 12.6. The van der Waals surface area contributed by atoms with E-state index in [2.05, 4.69) is 6.92 Å². The van der Waals surface area contributed by atoms with Crippen molar-refractivity contribution in [2.45, 2.75) is 26.7 Å². The zero-order valence-electron chi connectivity index (χ0n) is 7.59. The summed E-state index contributed by atoms with van der Waals surface area (Å²) in [5, 5.41) is 0. The minimum absolute atomic E-state index is 0.221. The summed E-state index contributed by atoms with van der Waals surface area (Å²) in [6.07, 6.45) is 1.92. The third-order valence-corrected chi connectivity index (χ3v) is 1.43. The van der Waals surface area contributed by atoms with Gasteiger partial charge in [-0.25, -0.2) is 4.79 Å². The quantitative estimate of drug-likeness (QED) is 0.626. The molecule has 0 radical (unpaired) electrons. The maximum atomic E-state index is 11.0. The monoisotopic (exact) mass is 159 g/mol. The van der Waals surface area contributed by atoms with E-state index >= 15 is 0 Å². The van der Waals surface area contributed by atoms with Crippen LogP contribution in [0, 0.1) is 0 Å². The third kappa shape index (κ3) is 4.65. The molecule has 0 spiro atoms. The van der Waals surface area contributed by atoms with Crippen molar-refractivity contribution in [3.63, 3.8) is 0 Å². The van der Waals surface area contributed by atoms with Crippen LogP contribution in [-0.4, -0.2) is 31.2 Å². The first kappa shape index (κ1) is 10.3. The summed E-state index contributed by atoms with van der Waals surface area (Å²) in [5.41, 5.74) is 0. The first-order valence-electron chi connectivity index (χ1n) is 4.10. The first-order valence-corrected chi connectivity index (χ1v) is 4.10. The predicted molar refractivity (Wildman–Crippen MR) is 44.6 cm³/mol. The number of ether oxygens (including phenoxy) is 1. The minimum Gasteiger partial charge on any atom is -0.450 e. The van der Waals surface area contributed by atoms with Gasteiger partial charge in [0.25, 0.3) is 0 Å². The van der Waals surface area contributed by atoms with E-state index in [1.807, 2.05) is 6.92 Å². The normalized spacial score (nSPS) is 9.36. The second-order valence-electron chi connectivity index (χ2n) is 2.47. The van der Waals surface area contributed by atoms with Crippen LogP contribution in [0.1, 0.15) is 26.7 Å². The van der Waals surface area contributed by atoms with Gasteiger partial charge in [0.15, 0.2) is 0 Å². The first-order chi connectivity index (χ1) is 5.22. The van der Waals surface area contributed by atoms with E-state index < -0.39 is 0 Å². The van der Waals surface area contributed by atoms with Gasteiger partial charge in [-0.2, -0.15) is 0 Å². The Kier molecular flexibility index (Phi) is 5.61. The highest BCUT2D eigenvalue weighted by Crippen LogP contribution is 1.94. The molecule has 66 valence electrons. The number of carbonyl (C=O) groups is 1. The van der Waals surface area contributed by atoms with E-state index in [1.54, 1.807) is 11.9 Å². The maximum absolute atomic E-state index is 11.0. The van der Waals surface area contributed by atoms with Crippen molar-refractivity contribution in [3.8, 4) is 0 Å². The number of hydrogen-bond acceptors (Lipinski definition) is 2. The molecule has 0 bridgehead atoms. The van der Waals surface area contributed by atoms with Crippen LogP contribution >= 0.6 is 0 Å². The molecule has 0 aliphatic heterocycles. The SMILES string of the molecule is CCCCN(C)C(=O)OCC. The zero-order valence-corrected chi connectivity index (χ0v) is 7.59. The van der Waals surface area contributed by atoms with Gasteiger partial charge < -0.3 is 9.64 Å². The number of carbonyl (C=O) groups excluding carboxylic acids is 1. The van der Waals surface area contributed by atoms with E-state index in [9.17, 15) is 4.79 Å². The van der Waals surface area contributed by atoms with Crippen molar-refractivity contribution in [2.75, 3.05) is 20.2 Å². The smallest absolute Gasteiger partial charge is 0.409 e. The molecule has 0 unspecified atom stereocenters. The van der Waals surface area contributed by atoms with Crippen molar-refractivity contribution in [1.29, 1.82) is 0 Å². The highest BCUT2D eigenvalue weighted by atomic mass is 16.5. The van der Waals surface area contributed by atoms with Crippen LogP contribution in [0.15, 0.2) is 0 Å². The van der Waals surface area contributed by atoms with Crippen molar-refractivity contribution >= 4 is 6.09 Å². The fourth-order valence-corrected chi connectivity index (χ4v) is 0.720. The Morgan fingerprint density at radius 1 is 1.45 bits per heavy atom. The fourth-order valence-electron chi connectivity index (χ4n) is 0.720. The third-order valence-electron chi connectivity index (χ3n) is 1.43. The second-order valence-corrected chi connectivity index (χ2v) is 2.47. The van der Waals surface area contributed by atoms with Crippen LogP contribution < -0.4 is 0 Å². The van der Waals surface area contributed by atoms with Crippen LogP contribution in [0.4, 0.5) is 4.79 Å². The highest BCUT2D eigenvalue weighted by molar-refractivity contribution is 5.67. The number of unbranched alkanes of at least 4 members (excludes halogenated alkanes) is 1. The summed E-state index contributed by atoms with van der Waals surface area (Å²) in [6, 6.07) is 0.